The molecule has 0 aromatic heterocycles. The van der Waals surface area contributed by atoms with Gasteiger partial charge in [0.1, 0.15) is 18.8 Å². The summed E-state index contributed by atoms with van der Waals surface area (Å²) >= 11 is 0. The minimum absolute atomic E-state index is 0.105. The standard InChI is InChI=1S/C25H36N2O5/c1-6-18-21(22(18)28)23(29)19(12-15(2)3)26-24(30)20(13-16(4)5)27-25(31)32-14-17-10-8-7-9-11-17/h7-11,15-16,19-20,23,29H,6,12-14H2,1-5H3,(H,26,30)(H,27,31)/t19-,20-,23?/m0/s1. The van der Waals surface area contributed by atoms with Crippen molar-refractivity contribution in [1.29, 1.82) is 0 Å². The van der Waals surface area contributed by atoms with E-state index in [-0.39, 0.29) is 23.9 Å². The largest absolute Gasteiger partial charge is 0.445 e. The summed E-state index contributed by atoms with van der Waals surface area (Å²) < 4.78 is 5.27. The molecule has 2 rings (SSSR count). The first kappa shape index (κ1) is 25.6. The maximum absolute atomic E-state index is 13.1. The first-order valence-corrected chi connectivity index (χ1v) is 11.4. The Hall–Kier alpha value is -2.67. The van der Waals surface area contributed by atoms with Crippen LogP contribution in [0.5, 0.6) is 0 Å². The first-order valence-electron chi connectivity index (χ1n) is 11.4. The van der Waals surface area contributed by atoms with Crippen LogP contribution in [0.4, 0.5) is 4.79 Å². The van der Waals surface area contributed by atoms with Gasteiger partial charge in [-0.25, -0.2) is 4.79 Å². The third kappa shape index (κ3) is 7.48. The van der Waals surface area contributed by atoms with Gasteiger partial charge in [0.05, 0.1) is 6.04 Å². The van der Waals surface area contributed by atoms with Crippen molar-refractivity contribution in [2.75, 3.05) is 0 Å². The van der Waals surface area contributed by atoms with Gasteiger partial charge in [0, 0.05) is 11.1 Å². The van der Waals surface area contributed by atoms with E-state index >= 15 is 0 Å². The number of carbonyl (C=O) groups is 2. The topological polar surface area (TPSA) is 105 Å². The molecule has 0 saturated carbocycles. The molecule has 1 unspecified atom stereocenters. The van der Waals surface area contributed by atoms with Crippen molar-refractivity contribution in [3.63, 3.8) is 0 Å². The summed E-state index contributed by atoms with van der Waals surface area (Å²) in [5.74, 6) is -0.0540. The second kappa shape index (κ2) is 11.8. The van der Waals surface area contributed by atoms with E-state index in [0.717, 1.165) is 5.56 Å². The van der Waals surface area contributed by atoms with Crippen molar-refractivity contribution in [3.8, 4) is 0 Å². The summed E-state index contributed by atoms with van der Waals surface area (Å²) in [4.78, 5) is 37.4. The number of amides is 2. The van der Waals surface area contributed by atoms with E-state index in [9.17, 15) is 19.5 Å². The quantitative estimate of drug-likeness (QED) is 0.465. The highest BCUT2D eigenvalue weighted by Crippen LogP contribution is 2.26. The molecule has 2 aromatic rings. The summed E-state index contributed by atoms with van der Waals surface area (Å²) in [6, 6.07) is 7.87. The van der Waals surface area contributed by atoms with Crippen LogP contribution in [0.1, 0.15) is 70.3 Å². The first-order chi connectivity index (χ1) is 15.1. The number of rotatable bonds is 12. The zero-order valence-corrected chi connectivity index (χ0v) is 19.7. The van der Waals surface area contributed by atoms with Crippen LogP contribution >= 0.6 is 0 Å². The van der Waals surface area contributed by atoms with E-state index < -0.39 is 30.2 Å². The third-order valence-corrected chi connectivity index (χ3v) is 5.39. The van der Waals surface area contributed by atoms with Gasteiger partial charge in [-0.1, -0.05) is 65.0 Å². The molecule has 0 fully saturated rings. The molecule has 2 aromatic carbocycles. The molecule has 32 heavy (non-hydrogen) atoms. The predicted molar refractivity (Wildman–Crippen MR) is 124 cm³/mol. The summed E-state index contributed by atoms with van der Waals surface area (Å²) in [6.45, 7) is 9.86. The van der Waals surface area contributed by atoms with Crippen molar-refractivity contribution in [3.05, 3.63) is 57.2 Å². The van der Waals surface area contributed by atoms with Crippen LogP contribution in [0.15, 0.2) is 35.1 Å². The van der Waals surface area contributed by atoms with Crippen LogP contribution in [0, 0.1) is 11.8 Å². The molecule has 3 N–H and O–H groups in total. The molecule has 0 saturated heterocycles. The fourth-order valence-electron chi connectivity index (χ4n) is 3.76. The Bertz CT molecular complexity index is 884. The average Bonchev–Trinajstić information content (AvgIpc) is 3.40. The van der Waals surface area contributed by atoms with Gasteiger partial charge < -0.3 is 20.5 Å². The molecule has 7 nitrogen and oxygen atoms in total. The molecule has 0 aliphatic rings. The highest BCUT2D eigenvalue weighted by Gasteiger charge is 2.35. The van der Waals surface area contributed by atoms with Crippen molar-refractivity contribution < 1.29 is 19.4 Å². The SMILES string of the molecule is CCc1c(C(O)[C@H](CC(C)C)NC(=O)[C@H](CC(C)C)NC(=O)OCc2ccccc2)c1=O. The number of hydrogen-bond acceptors (Lipinski definition) is 5. The molecule has 7 heteroatoms. The van der Waals surface area contributed by atoms with Crippen molar-refractivity contribution >= 4 is 12.0 Å². The second-order valence-electron chi connectivity index (χ2n) is 9.15. The predicted octanol–water partition coefficient (Wildman–Crippen LogP) is 3.39. The number of aliphatic hydroxyl groups is 1. The van der Waals surface area contributed by atoms with E-state index in [1.807, 2.05) is 65.0 Å². The van der Waals surface area contributed by atoms with Gasteiger partial charge in [0.25, 0.3) is 0 Å². The lowest BCUT2D eigenvalue weighted by Gasteiger charge is -2.27. The van der Waals surface area contributed by atoms with Crippen LogP contribution in [-0.4, -0.2) is 29.2 Å². The van der Waals surface area contributed by atoms with Crippen molar-refractivity contribution in [2.24, 2.45) is 11.8 Å². The Kier molecular flexibility index (Phi) is 9.44. The molecule has 176 valence electrons. The Labute approximate surface area is 190 Å². The van der Waals surface area contributed by atoms with Gasteiger partial charge in [0.15, 0.2) is 5.43 Å². The van der Waals surface area contributed by atoms with E-state index in [4.69, 9.17) is 4.74 Å². The Morgan fingerprint density at radius 3 is 2.16 bits per heavy atom. The van der Waals surface area contributed by atoms with Gasteiger partial charge in [-0.2, -0.15) is 0 Å². The van der Waals surface area contributed by atoms with Crippen LogP contribution in [-0.2, 0) is 22.6 Å². The number of aliphatic hydroxyl groups excluding tert-OH is 1. The fraction of sp³-hybridized carbons (Fsp3) is 0.560. The lowest BCUT2D eigenvalue weighted by atomic mass is 9.96. The maximum Gasteiger partial charge on any atom is 0.408 e. The maximum atomic E-state index is 13.1. The monoisotopic (exact) mass is 444 g/mol. The van der Waals surface area contributed by atoms with Gasteiger partial charge in [-0.15, -0.1) is 0 Å². The number of benzene rings is 1. The number of alkyl carbamates (subject to hydrolysis) is 1. The zero-order valence-electron chi connectivity index (χ0n) is 19.7. The Balaban J connectivity index is 2.04. The number of carbonyl (C=O) groups excluding carboxylic acids is 2. The second-order valence-corrected chi connectivity index (χ2v) is 9.15. The molecular weight excluding hydrogens is 408 g/mol. The Morgan fingerprint density at radius 1 is 1.00 bits per heavy atom. The van der Waals surface area contributed by atoms with E-state index in [1.54, 1.807) is 0 Å². The zero-order chi connectivity index (χ0) is 23.8. The van der Waals surface area contributed by atoms with Crippen LogP contribution in [0.3, 0.4) is 0 Å². The number of ether oxygens (including phenoxy) is 1. The van der Waals surface area contributed by atoms with Crippen LogP contribution < -0.4 is 16.1 Å². The molecule has 2 amide bonds. The molecule has 0 aliphatic carbocycles. The smallest absolute Gasteiger partial charge is 0.408 e. The molecule has 0 heterocycles. The van der Waals surface area contributed by atoms with Crippen molar-refractivity contribution in [2.45, 2.75) is 78.7 Å². The summed E-state index contributed by atoms with van der Waals surface area (Å²) in [7, 11) is 0. The molecule has 0 aliphatic heterocycles. The van der Waals surface area contributed by atoms with Crippen molar-refractivity contribution in [1.82, 2.24) is 10.6 Å². The van der Waals surface area contributed by atoms with E-state index in [2.05, 4.69) is 10.6 Å². The molecule has 0 radical (unpaired) electrons. The number of nitrogens with one attached hydrogen (secondary N) is 2. The van der Waals surface area contributed by atoms with E-state index in [0.29, 0.717) is 30.4 Å². The molecule has 0 spiro atoms. The summed E-state index contributed by atoms with van der Waals surface area (Å²) in [5, 5.41) is 16.3. The van der Waals surface area contributed by atoms with Crippen LogP contribution in [0.25, 0.3) is 0 Å². The summed E-state index contributed by atoms with van der Waals surface area (Å²) in [6.07, 6.45) is -0.234. The minimum atomic E-state index is -1.05. The van der Waals surface area contributed by atoms with Gasteiger partial charge in [-0.3, -0.25) is 9.59 Å². The molecule has 3 atom stereocenters. The lowest BCUT2D eigenvalue weighted by Crippen LogP contribution is -2.51. The minimum Gasteiger partial charge on any atom is -0.445 e. The highest BCUT2D eigenvalue weighted by molar-refractivity contribution is 5.85. The average molecular weight is 445 g/mol. The lowest BCUT2D eigenvalue weighted by molar-refractivity contribution is -0.125. The number of hydrogen-bond donors (Lipinski definition) is 3. The fourth-order valence-corrected chi connectivity index (χ4v) is 3.76. The normalized spacial score (nSPS) is 14.4. The van der Waals surface area contributed by atoms with Gasteiger partial charge in [0.2, 0.25) is 5.91 Å². The third-order valence-electron chi connectivity index (χ3n) is 5.39. The molecule has 0 bridgehead atoms. The Morgan fingerprint density at radius 2 is 1.62 bits per heavy atom. The van der Waals surface area contributed by atoms with Crippen LogP contribution in [0.2, 0.25) is 0 Å². The van der Waals surface area contributed by atoms with Gasteiger partial charge in [-0.05, 0) is 36.7 Å². The molecular formula is C25H36N2O5. The van der Waals surface area contributed by atoms with E-state index in [1.165, 1.54) is 0 Å². The van der Waals surface area contributed by atoms with Gasteiger partial charge >= 0.3 is 6.09 Å². The summed E-state index contributed by atoms with van der Waals surface area (Å²) in [5.41, 5.74) is 1.79. The highest BCUT2D eigenvalue weighted by atomic mass is 16.5.